The summed E-state index contributed by atoms with van der Waals surface area (Å²) in [4.78, 5) is 23.4. The molecule has 23 heavy (non-hydrogen) atoms. The van der Waals surface area contributed by atoms with Crippen LogP contribution in [0.1, 0.15) is 41.4 Å². The minimum Gasteiger partial charge on any atom is -0.496 e. The predicted molar refractivity (Wildman–Crippen MR) is 89.7 cm³/mol. The number of hydrogen-bond acceptors (Lipinski definition) is 3. The highest BCUT2D eigenvalue weighted by Crippen LogP contribution is 2.24. The molecule has 0 fully saturated rings. The Morgan fingerprint density at radius 3 is 2.35 bits per heavy atom. The number of benzene rings is 2. The fourth-order valence-corrected chi connectivity index (χ4v) is 2.44. The topological polar surface area (TPSA) is 55.4 Å². The molecule has 0 aliphatic heterocycles. The van der Waals surface area contributed by atoms with Crippen molar-refractivity contribution in [3.63, 3.8) is 0 Å². The van der Waals surface area contributed by atoms with Crippen molar-refractivity contribution in [2.75, 3.05) is 7.11 Å². The largest absolute Gasteiger partial charge is 0.496 e. The summed E-state index contributed by atoms with van der Waals surface area (Å²) in [6.07, 6.45) is 0.275. The molecule has 0 aromatic heterocycles. The Labute approximate surface area is 136 Å². The molecule has 4 nitrogen and oxygen atoms in total. The van der Waals surface area contributed by atoms with Gasteiger partial charge in [0.15, 0.2) is 5.78 Å². The lowest BCUT2D eigenvalue weighted by Gasteiger charge is -2.17. The first-order chi connectivity index (χ1) is 11.0. The third-order valence-corrected chi connectivity index (χ3v) is 3.71. The van der Waals surface area contributed by atoms with Crippen molar-refractivity contribution >= 4 is 11.7 Å². The van der Waals surface area contributed by atoms with Crippen molar-refractivity contribution in [1.29, 1.82) is 0 Å². The highest BCUT2D eigenvalue weighted by molar-refractivity contribution is 5.94. The molecule has 0 saturated heterocycles. The number of rotatable bonds is 6. The van der Waals surface area contributed by atoms with E-state index in [1.54, 1.807) is 19.2 Å². The van der Waals surface area contributed by atoms with Crippen LogP contribution in [0.15, 0.2) is 48.5 Å². The molecule has 0 spiro atoms. The first kappa shape index (κ1) is 16.7. The van der Waals surface area contributed by atoms with Gasteiger partial charge in [-0.3, -0.25) is 9.59 Å². The first-order valence-electron chi connectivity index (χ1n) is 7.53. The summed E-state index contributed by atoms with van der Waals surface area (Å²) in [5.41, 5.74) is 2.46. The number of ketones is 1. The highest BCUT2D eigenvalue weighted by atomic mass is 16.5. The van der Waals surface area contributed by atoms with Crippen molar-refractivity contribution in [2.45, 2.75) is 26.3 Å². The summed E-state index contributed by atoms with van der Waals surface area (Å²) in [5, 5.41) is 2.97. The molecule has 1 amide bonds. The Morgan fingerprint density at radius 2 is 1.74 bits per heavy atom. The third-order valence-electron chi connectivity index (χ3n) is 3.71. The summed E-state index contributed by atoms with van der Waals surface area (Å²) in [5.74, 6) is 0.705. The zero-order valence-corrected chi connectivity index (χ0v) is 13.6. The van der Waals surface area contributed by atoms with Crippen LogP contribution in [0.4, 0.5) is 0 Å². The number of nitrogens with one attached hydrogen (secondary N) is 1. The number of carbonyl (C=O) groups is 2. The number of methoxy groups -OCH3 is 1. The number of Topliss-reactive ketones (excluding diaryl/α,β-unsaturated/α-hetero) is 1. The molecule has 0 unspecified atom stereocenters. The zero-order chi connectivity index (χ0) is 16.8. The van der Waals surface area contributed by atoms with Crippen molar-refractivity contribution in [1.82, 2.24) is 5.32 Å². The summed E-state index contributed by atoms with van der Waals surface area (Å²) < 4.78 is 5.32. The van der Waals surface area contributed by atoms with Crippen LogP contribution in [0.5, 0.6) is 5.75 Å². The van der Waals surface area contributed by atoms with Crippen LogP contribution in [0.2, 0.25) is 0 Å². The van der Waals surface area contributed by atoms with Crippen molar-refractivity contribution in [2.24, 2.45) is 0 Å². The molecule has 120 valence electrons. The molecule has 0 saturated carbocycles. The van der Waals surface area contributed by atoms with Gasteiger partial charge in [0, 0.05) is 11.1 Å². The Bertz CT molecular complexity index is 692. The number of ether oxygens (including phenoxy) is 1. The fourth-order valence-electron chi connectivity index (χ4n) is 2.44. The van der Waals surface area contributed by atoms with E-state index in [2.05, 4.69) is 5.32 Å². The fraction of sp³-hybridized carbons (Fsp3) is 0.263. The van der Waals surface area contributed by atoms with Gasteiger partial charge in [0.05, 0.1) is 19.6 Å². The van der Waals surface area contributed by atoms with E-state index < -0.39 is 0 Å². The van der Waals surface area contributed by atoms with E-state index in [0.717, 1.165) is 16.9 Å². The average Bonchev–Trinajstić information content (AvgIpc) is 2.55. The molecule has 2 aromatic rings. The van der Waals surface area contributed by atoms with Gasteiger partial charge in [-0.05, 0) is 25.5 Å². The second-order valence-corrected chi connectivity index (χ2v) is 5.46. The number of amides is 1. The van der Waals surface area contributed by atoms with Crippen molar-refractivity contribution in [3.8, 4) is 5.75 Å². The molecule has 1 atom stereocenters. The lowest BCUT2D eigenvalue weighted by molar-refractivity contribution is -0.121. The van der Waals surface area contributed by atoms with E-state index in [0.29, 0.717) is 5.56 Å². The maximum atomic E-state index is 12.2. The molecule has 0 aliphatic rings. The van der Waals surface area contributed by atoms with Crippen LogP contribution in [-0.4, -0.2) is 18.8 Å². The van der Waals surface area contributed by atoms with E-state index in [-0.39, 0.29) is 24.2 Å². The van der Waals surface area contributed by atoms with Gasteiger partial charge >= 0.3 is 0 Å². The molecular formula is C19H21NO3. The Kier molecular flexibility index (Phi) is 5.52. The van der Waals surface area contributed by atoms with Crippen LogP contribution in [0.25, 0.3) is 0 Å². The quantitative estimate of drug-likeness (QED) is 0.833. The molecular weight excluding hydrogens is 290 g/mol. The summed E-state index contributed by atoms with van der Waals surface area (Å²) in [6.45, 7) is 3.45. The summed E-state index contributed by atoms with van der Waals surface area (Å²) in [7, 11) is 1.62. The third kappa shape index (κ3) is 4.42. The molecule has 1 N–H and O–H groups in total. The maximum absolute atomic E-state index is 12.2. The smallest absolute Gasteiger partial charge is 0.224 e. The van der Waals surface area contributed by atoms with Gasteiger partial charge in [-0.15, -0.1) is 0 Å². The molecule has 2 aromatic carbocycles. The van der Waals surface area contributed by atoms with E-state index in [9.17, 15) is 9.59 Å². The number of para-hydroxylation sites is 1. The zero-order valence-electron chi connectivity index (χ0n) is 13.6. The SMILES string of the molecule is COc1ccccc1[C@@H](C)NC(=O)Cc1ccc(C(C)=O)cc1. The monoisotopic (exact) mass is 311 g/mol. The molecule has 0 bridgehead atoms. The van der Waals surface area contributed by atoms with Gasteiger partial charge < -0.3 is 10.1 Å². The second-order valence-electron chi connectivity index (χ2n) is 5.46. The molecule has 4 heteroatoms. The molecule has 0 heterocycles. The predicted octanol–water partition coefficient (Wildman–Crippen LogP) is 3.32. The van der Waals surface area contributed by atoms with Gasteiger partial charge in [-0.2, -0.15) is 0 Å². The van der Waals surface area contributed by atoms with Crippen LogP contribution >= 0.6 is 0 Å². The summed E-state index contributed by atoms with van der Waals surface area (Å²) >= 11 is 0. The van der Waals surface area contributed by atoms with Gasteiger partial charge in [0.1, 0.15) is 5.75 Å². The molecule has 0 radical (unpaired) electrons. The van der Waals surface area contributed by atoms with Gasteiger partial charge in [-0.25, -0.2) is 0 Å². The van der Waals surface area contributed by atoms with Crippen LogP contribution in [0, 0.1) is 0 Å². The van der Waals surface area contributed by atoms with Crippen LogP contribution < -0.4 is 10.1 Å². The first-order valence-corrected chi connectivity index (χ1v) is 7.53. The maximum Gasteiger partial charge on any atom is 0.224 e. The van der Waals surface area contributed by atoms with Crippen LogP contribution in [-0.2, 0) is 11.2 Å². The van der Waals surface area contributed by atoms with Crippen molar-refractivity contribution < 1.29 is 14.3 Å². The standard InChI is InChI=1S/C19H21NO3/c1-13(17-6-4-5-7-18(17)23-3)20-19(22)12-15-8-10-16(11-9-15)14(2)21/h4-11,13H,12H2,1-3H3,(H,20,22)/t13-/m1/s1. The minimum absolute atomic E-state index is 0.0193. The van der Waals surface area contributed by atoms with Gasteiger partial charge in [0.25, 0.3) is 0 Å². The van der Waals surface area contributed by atoms with Gasteiger partial charge in [0.2, 0.25) is 5.91 Å². The van der Waals surface area contributed by atoms with Crippen molar-refractivity contribution in [3.05, 3.63) is 65.2 Å². The van der Waals surface area contributed by atoms with Gasteiger partial charge in [-0.1, -0.05) is 42.5 Å². The minimum atomic E-state index is -0.143. The highest BCUT2D eigenvalue weighted by Gasteiger charge is 2.14. The van der Waals surface area contributed by atoms with Crippen LogP contribution in [0.3, 0.4) is 0 Å². The molecule has 0 aliphatic carbocycles. The van der Waals surface area contributed by atoms with E-state index >= 15 is 0 Å². The van der Waals surface area contributed by atoms with E-state index in [4.69, 9.17) is 4.74 Å². The molecule has 2 rings (SSSR count). The Morgan fingerprint density at radius 1 is 1.09 bits per heavy atom. The lowest BCUT2D eigenvalue weighted by Crippen LogP contribution is -2.28. The van der Waals surface area contributed by atoms with E-state index in [1.165, 1.54) is 6.92 Å². The Balaban J connectivity index is 2.00. The Hall–Kier alpha value is -2.62. The average molecular weight is 311 g/mol. The normalized spacial score (nSPS) is 11.6. The lowest BCUT2D eigenvalue weighted by atomic mass is 10.0. The summed E-state index contributed by atoms with van der Waals surface area (Å²) in [6, 6.07) is 14.6. The number of carbonyl (C=O) groups excluding carboxylic acids is 2. The number of hydrogen-bond donors (Lipinski definition) is 1. The second kappa shape index (κ2) is 7.58. The van der Waals surface area contributed by atoms with E-state index in [1.807, 2.05) is 43.3 Å².